The molecule has 4 heteroatoms. The smallest absolute Gasteiger partial charge is 0.161 e. The lowest BCUT2D eigenvalue weighted by Gasteiger charge is -2.33. The molecule has 0 saturated heterocycles. The zero-order valence-electron chi connectivity index (χ0n) is 12.2. The average Bonchev–Trinajstić information content (AvgIpc) is 2.81. The predicted molar refractivity (Wildman–Crippen MR) is 86.9 cm³/mol. The van der Waals surface area contributed by atoms with E-state index in [4.69, 9.17) is 9.73 Å². The Labute approximate surface area is 125 Å². The van der Waals surface area contributed by atoms with E-state index in [0.717, 1.165) is 28.3 Å². The predicted octanol–water partition coefficient (Wildman–Crippen LogP) is 4.16. The lowest BCUT2D eigenvalue weighted by Crippen LogP contribution is -2.33. The molecule has 1 aliphatic heterocycles. The van der Waals surface area contributed by atoms with E-state index in [1.54, 1.807) is 7.11 Å². The average molecular weight is 290 g/mol. The molecule has 1 saturated carbocycles. The second-order valence-electron chi connectivity index (χ2n) is 5.99. The van der Waals surface area contributed by atoms with Crippen LogP contribution in [-0.2, 0) is 0 Å². The van der Waals surface area contributed by atoms with Crippen molar-refractivity contribution in [1.82, 2.24) is 0 Å². The topological polar surface area (TPSA) is 33.6 Å². The van der Waals surface area contributed by atoms with Crippen molar-refractivity contribution in [1.29, 1.82) is 0 Å². The third kappa shape index (κ3) is 2.95. The van der Waals surface area contributed by atoms with Gasteiger partial charge in [0.15, 0.2) is 5.17 Å². The van der Waals surface area contributed by atoms with Crippen molar-refractivity contribution in [2.45, 2.75) is 38.1 Å². The van der Waals surface area contributed by atoms with Gasteiger partial charge in [-0.3, -0.25) is 4.99 Å². The number of thioether (sulfide) groups is 1. The standard InChI is InChI=1S/C16H22N2OS/c1-12-5-4-8-16(10-12)11-20-15(18-16)17-13-6-3-7-14(9-13)19-2/h3,6-7,9,12H,4-5,8,10-11H2,1-2H3,(H,17,18). The van der Waals surface area contributed by atoms with Gasteiger partial charge in [0.1, 0.15) is 5.75 Å². The van der Waals surface area contributed by atoms with Crippen molar-refractivity contribution in [2.24, 2.45) is 10.9 Å². The molecular formula is C16H22N2OS. The zero-order chi connectivity index (χ0) is 14.0. The maximum absolute atomic E-state index is 5.26. The van der Waals surface area contributed by atoms with E-state index < -0.39 is 0 Å². The van der Waals surface area contributed by atoms with E-state index in [-0.39, 0.29) is 5.54 Å². The minimum Gasteiger partial charge on any atom is -0.497 e. The number of aliphatic imine (C=N–C) groups is 1. The molecule has 3 nitrogen and oxygen atoms in total. The van der Waals surface area contributed by atoms with Crippen LogP contribution in [0.3, 0.4) is 0 Å². The minimum absolute atomic E-state index is 0.198. The molecule has 1 aliphatic carbocycles. The van der Waals surface area contributed by atoms with Crippen molar-refractivity contribution >= 4 is 22.6 Å². The number of amidine groups is 1. The van der Waals surface area contributed by atoms with E-state index in [1.165, 1.54) is 25.7 Å². The maximum atomic E-state index is 5.26. The van der Waals surface area contributed by atoms with Crippen molar-refractivity contribution in [3.05, 3.63) is 24.3 Å². The SMILES string of the molecule is COc1cccc(NC2=NC3(CCCC(C)C3)CS2)c1. The third-order valence-electron chi connectivity index (χ3n) is 4.20. The zero-order valence-corrected chi connectivity index (χ0v) is 13.0. The van der Waals surface area contributed by atoms with Crippen LogP contribution in [0.2, 0.25) is 0 Å². The maximum Gasteiger partial charge on any atom is 0.161 e. The number of nitrogens with one attached hydrogen (secondary N) is 1. The molecule has 2 aliphatic rings. The molecule has 2 atom stereocenters. The molecule has 1 heterocycles. The normalized spacial score (nSPS) is 29.3. The van der Waals surface area contributed by atoms with Gasteiger partial charge in [0.25, 0.3) is 0 Å². The molecule has 20 heavy (non-hydrogen) atoms. The summed E-state index contributed by atoms with van der Waals surface area (Å²) in [5.41, 5.74) is 1.25. The molecule has 2 unspecified atom stereocenters. The van der Waals surface area contributed by atoms with Crippen LogP contribution in [0.25, 0.3) is 0 Å². The second kappa shape index (κ2) is 5.68. The Morgan fingerprint density at radius 2 is 2.35 bits per heavy atom. The molecule has 0 bridgehead atoms. The van der Waals surface area contributed by atoms with Crippen LogP contribution in [0.15, 0.2) is 29.3 Å². The van der Waals surface area contributed by atoms with Gasteiger partial charge in [-0.1, -0.05) is 37.6 Å². The highest BCUT2D eigenvalue weighted by atomic mass is 32.2. The Kier molecular flexibility index (Phi) is 3.92. The van der Waals surface area contributed by atoms with E-state index in [2.05, 4.69) is 18.3 Å². The van der Waals surface area contributed by atoms with Gasteiger partial charge >= 0.3 is 0 Å². The largest absolute Gasteiger partial charge is 0.497 e. The summed E-state index contributed by atoms with van der Waals surface area (Å²) in [6, 6.07) is 8.02. The van der Waals surface area contributed by atoms with Crippen LogP contribution in [0.1, 0.15) is 32.6 Å². The van der Waals surface area contributed by atoms with Crippen molar-refractivity contribution in [2.75, 3.05) is 18.2 Å². The highest BCUT2D eigenvalue weighted by molar-refractivity contribution is 8.14. The fraction of sp³-hybridized carbons (Fsp3) is 0.562. The molecule has 108 valence electrons. The van der Waals surface area contributed by atoms with E-state index >= 15 is 0 Å². The number of nitrogens with zero attached hydrogens (tertiary/aromatic N) is 1. The van der Waals surface area contributed by atoms with E-state index in [9.17, 15) is 0 Å². The summed E-state index contributed by atoms with van der Waals surface area (Å²) in [5, 5.41) is 4.50. The molecule has 1 aromatic rings. The molecular weight excluding hydrogens is 268 g/mol. The molecule has 3 rings (SSSR count). The van der Waals surface area contributed by atoms with Gasteiger partial charge in [-0.15, -0.1) is 0 Å². The molecule has 1 fully saturated rings. The summed E-state index contributed by atoms with van der Waals surface area (Å²) < 4.78 is 5.26. The van der Waals surface area contributed by atoms with Crippen LogP contribution < -0.4 is 10.1 Å². The number of hydrogen-bond donors (Lipinski definition) is 1. The number of rotatable bonds is 2. The fourth-order valence-corrected chi connectivity index (χ4v) is 4.42. The third-order valence-corrected chi connectivity index (χ3v) is 5.35. The number of methoxy groups -OCH3 is 1. The number of ether oxygens (including phenoxy) is 1. The highest BCUT2D eigenvalue weighted by Crippen LogP contribution is 2.42. The van der Waals surface area contributed by atoms with Gasteiger partial charge in [0, 0.05) is 17.5 Å². The van der Waals surface area contributed by atoms with Crippen LogP contribution >= 0.6 is 11.8 Å². The summed E-state index contributed by atoms with van der Waals surface area (Å²) in [6.07, 6.45) is 5.16. The Hall–Kier alpha value is -1.16. The first-order chi connectivity index (χ1) is 9.69. The van der Waals surface area contributed by atoms with E-state index in [1.807, 2.05) is 30.0 Å². The second-order valence-corrected chi connectivity index (χ2v) is 6.95. The summed E-state index contributed by atoms with van der Waals surface area (Å²) >= 11 is 1.86. The molecule has 1 spiro atoms. The Morgan fingerprint density at radius 3 is 3.15 bits per heavy atom. The number of hydrogen-bond acceptors (Lipinski definition) is 4. The van der Waals surface area contributed by atoms with Gasteiger partial charge in [-0.05, 0) is 30.9 Å². The Bertz CT molecular complexity index is 517. The number of anilines is 1. The van der Waals surface area contributed by atoms with Gasteiger partial charge in [-0.2, -0.15) is 0 Å². The molecule has 0 aromatic heterocycles. The summed E-state index contributed by atoms with van der Waals surface area (Å²) in [4.78, 5) is 5.01. The van der Waals surface area contributed by atoms with Crippen LogP contribution in [0, 0.1) is 5.92 Å². The van der Waals surface area contributed by atoms with Crippen LogP contribution in [0.4, 0.5) is 5.69 Å². The molecule has 0 radical (unpaired) electrons. The highest BCUT2D eigenvalue weighted by Gasteiger charge is 2.39. The Morgan fingerprint density at radius 1 is 1.45 bits per heavy atom. The first-order valence-corrected chi connectivity index (χ1v) is 8.31. The van der Waals surface area contributed by atoms with Crippen LogP contribution in [0.5, 0.6) is 5.75 Å². The van der Waals surface area contributed by atoms with Gasteiger partial charge in [0.2, 0.25) is 0 Å². The first kappa shape index (κ1) is 13.8. The summed E-state index contributed by atoms with van der Waals surface area (Å²) in [6.45, 7) is 2.36. The molecule has 1 aromatic carbocycles. The van der Waals surface area contributed by atoms with Gasteiger partial charge < -0.3 is 10.1 Å². The monoisotopic (exact) mass is 290 g/mol. The fourth-order valence-electron chi connectivity index (χ4n) is 3.24. The van der Waals surface area contributed by atoms with Gasteiger partial charge in [-0.25, -0.2) is 0 Å². The Balaban J connectivity index is 1.72. The van der Waals surface area contributed by atoms with Crippen molar-refractivity contribution < 1.29 is 4.74 Å². The van der Waals surface area contributed by atoms with Crippen LogP contribution in [-0.4, -0.2) is 23.6 Å². The molecule has 0 amide bonds. The van der Waals surface area contributed by atoms with Crippen molar-refractivity contribution in [3.8, 4) is 5.75 Å². The summed E-state index contributed by atoms with van der Waals surface area (Å²) in [5.74, 6) is 2.81. The first-order valence-electron chi connectivity index (χ1n) is 7.33. The molecule has 1 N–H and O–H groups in total. The van der Waals surface area contributed by atoms with E-state index in [0.29, 0.717) is 0 Å². The van der Waals surface area contributed by atoms with Crippen molar-refractivity contribution in [3.63, 3.8) is 0 Å². The lowest BCUT2D eigenvalue weighted by molar-refractivity contribution is 0.266. The summed E-state index contributed by atoms with van der Waals surface area (Å²) in [7, 11) is 1.69. The quantitative estimate of drug-likeness (QED) is 0.888. The lowest BCUT2D eigenvalue weighted by atomic mass is 9.78. The van der Waals surface area contributed by atoms with Gasteiger partial charge in [0.05, 0.1) is 12.6 Å². The number of benzene rings is 1. The minimum atomic E-state index is 0.198.